The summed E-state index contributed by atoms with van der Waals surface area (Å²) >= 11 is 0. The molecule has 0 spiro atoms. The van der Waals surface area contributed by atoms with Gasteiger partial charge in [-0.15, -0.1) is 10.2 Å². The second-order valence-corrected chi connectivity index (χ2v) is 13.2. The van der Waals surface area contributed by atoms with Crippen molar-refractivity contribution >= 4 is 26.8 Å². The van der Waals surface area contributed by atoms with Crippen LogP contribution in [-0.4, -0.2) is 67.3 Å². The van der Waals surface area contributed by atoms with Crippen LogP contribution in [0, 0.1) is 19.8 Å². The minimum absolute atomic E-state index is 0.158. The van der Waals surface area contributed by atoms with Gasteiger partial charge in [-0.05, 0) is 50.8 Å². The van der Waals surface area contributed by atoms with Crippen LogP contribution < -0.4 is 0 Å². The van der Waals surface area contributed by atoms with Crippen molar-refractivity contribution in [3.63, 3.8) is 0 Å². The zero-order valence-corrected chi connectivity index (χ0v) is 24.2. The van der Waals surface area contributed by atoms with Gasteiger partial charge in [0.25, 0.3) is 10.0 Å². The van der Waals surface area contributed by atoms with E-state index in [4.69, 9.17) is 9.26 Å². The van der Waals surface area contributed by atoms with Gasteiger partial charge in [-0.2, -0.15) is 0 Å². The molecule has 7 rings (SSSR count). The summed E-state index contributed by atoms with van der Waals surface area (Å²) in [6.07, 6.45) is 6.13. The van der Waals surface area contributed by atoms with Crippen molar-refractivity contribution in [3.05, 3.63) is 71.6 Å². The van der Waals surface area contributed by atoms with Gasteiger partial charge >= 0.3 is 0 Å². The number of fused-ring (bicyclic) bond motifs is 3. The Labute approximate surface area is 238 Å². The summed E-state index contributed by atoms with van der Waals surface area (Å²) in [5.74, 6) is 2.22. The number of rotatable bonds is 8. The van der Waals surface area contributed by atoms with Gasteiger partial charge in [0.05, 0.1) is 41.6 Å². The molecule has 4 aromatic heterocycles. The highest BCUT2D eigenvalue weighted by Gasteiger charge is 2.43. The number of ether oxygens (including phenoxy) is 1. The lowest BCUT2D eigenvalue weighted by Gasteiger charge is -2.40. The lowest BCUT2D eigenvalue weighted by Crippen LogP contribution is -2.52. The third-order valence-electron chi connectivity index (χ3n) is 8.75. The minimum Gasteiger partial charge on any atom is -0.378 e. The van der Waals surface area contributed by atoms with Gasteiger partial charge in [-0.1, -0.05) is 36.2 Å². The molecule has 5 heterocycles. The summed E-state index contributed by atoms with van der Waals surface area (Å²) in [5, 5.41) is 13.4. The van der Waals surface area contributed by atoms with Crippen LogP contribution in [0.5, 0.6) is 0 Å². The second-order valence-electron chi connectivity index (χ2n) is 11.3. The third kappa shape index (κ3) is 4.45. The summed E-state index contributed by atoms with van der Waals surface area (Å²) < 4.78 is 41.3. The molecule has 0 unspecified atom stereocenters. The Kier molecular flexibility index (Phi) is 6.44. The number of aromatic nitrogens is 6. The second kappa shape index (κ2) is 10.0. The molecule has 0 radical (unpaired) electrons. The monoisotopic (exact) mass is 575 g/mol. The smallest absolute Gasteiger partial charge is 0.269 e. The van der Waals surface area contributed by atoms with Gasteiger partial charge < -0.3 is 9.26 Å². The Bertz CT molecular complexity index is 1820. The van der Waals surface area contributed by atoms with Crippen molar-refractivity contribution in [2.24, 2.45) is 5.92 Å². The molecule has 2 aliphatic rings. The van der Waals surface area contributed by atoms with Crippen LogP contribution >= 0.6 is 0 Å². The van der Waals surface area contributed by atoms with Crippen LogP contribution in [0.3, 0.4) is 0 Å². The zero-order chi connectivity index (χ0) is 28.3. The molecule has 12 heteroatoms. The van der Waals surface area contributed by atoms with Crippen molar-refractivity contribution in [2.75, 3.05) is 13.2 Å². The topological polar surface area (TPSA) is 121 Å². The molecular weight excluding hydrogens is 542 g/mol. The molecule has 1 aromatic carbocycles. The number of benzene rings is 1. The van der Waals surface area contributed by atoms with E-state index < -0.39 is 10.0 Å². The van der Waals surface area contributed by atoms with E-state index in [-0.39, 0.29) is 10.8 Å². The van der Waals surface area contributed by atoms with Gasteiger partial charge in [-0.25, -0.2) is 17.4 Å². The van der Waals surface area contributed by atoms with Crippen LogP contribution in [-0.2, 0) is 21.3 Å². The highest BCUT2D eigenvalue weighted by atomic mass is 32.2. The number of hydrogen-bond donors (Lipinski definition) is 0. The average molecular weight is 576 g/mol. The molecule has 5 aromatic rings. The summed E-state index contributed by atoms with van der Waals surface area (Å²) in [5.41, 5.74) is 3.58. The SMILES string of the molecule is CC[C@@H]1C[C@H](N(Cc2cc(C)on2)C2COC2)C[C@@H]1c1nnc2cnc3c(ccn3S(=O)(=O)c3ccc(C)cc3)n12. The van der Waals surface area contributed by atoms with E-state index in [1.165, 1.54) is 3.97 Å². The van der Waals surface area contributed by atoms with E-state index in [0.717, 1.165) is 55.3 Å². The predicted molar refractivity (Wildman–Crippen MR) is 151 cm³/mol. The van der Waals surface area contributed by atoms with Crippen molar-refractivity contribution in [2.45, 2.75) is 69.5 Å². The van der Waals surface area contributed by atoms with E-state index in [2.05, 4.69) is 32.2 Å². The number of nitrogens with zero attached hydrogens (tertiary/aromatic N) is 7. The normalized spacial score (nSPS) is 21.8. The minimum atomic E-state index is -3.82. The van der Waals surface area contributed by atoms with E-state index in [1.807, 2.05) is 24.3 Å². The predicted octanol–water partition coefficient (Wildman–Crippen LogP) is 4.09. The van der Waals surface area contributed by atoms with E-state index in [1.54, 1.807) is 42.7 Å². The van der Waals surface area contributed by atoms with Crippen LogP contribution in [0.4, 0.5) is 0 Å². The van der Waals surface area contributed by atoms with Crippen molar-refractivity contribution in [1.82, 2.24) is 33.6 Å². The fourth-order valence-corrected chi connectivity index (χ4v) is 7.79. The first-order valence-corrected chi connectivity index (χ1v) is 15.6. The van der Waals surface area contributed by atoms with E-state index in [0.29, 0.717) is 41.4 Å². The van der Waals surface area contributed by atoms with E-state index >= 15 is 0 Å². The Morgan fingerprint density at radius 3 is 2.54 bits per heavy atom. The fourth-order valence-electron chi connectivity index (χ4n) is 6.49. The standard InChI is InChI=1S/C29H33N7O4S/c1-4-20-12-22(34(23-16-39-17-23)15-21-11-19(3)40-33-21)13-25(20)28-32-31-27-14-30-29-26(36(27)28)9-10-35(29)41(37,38)24-7-5-18(2)6-8-24/h5-11,14,20,22-23,25H,4,12-13,15-17H2,1-3H3/t20-,22+,25+/m1/s1. The molecule has 0 bridgehead atoms. The maximum absolute atomic E-state index is 13.6. The number of hydrogen-bond acceptors (Lipinski definition) is 9. The Morgan fingerprint density at radius 2 is 1.85 bits per heavy atom. The first-order valence-electron chi connectivity index (χ1n) is 14.1. The molecule has 2 fully saturated rings. The molecule has 1 aliphatic heterocycles. The van der Waals surface area contributed by atoms with Gasteiger partial charge in [0.2, 0.25) is 0 Å². The Morgan fingerprint density at radius 1 is 1.05 bits per heavy atom. The summed E-state index contributed by atoms with van der Waals surface area (Å²) in [6, 6.07) is 11.3. The quantitative estimate of drug-likeness (QED) is 0.269. The first-order chi connectivity index (χ1) is 19.8. The molecule has 0 amide bonds. The highest BCUT2D eigenvalue weighted by molar-refractivity contribution is 7.90. The first kappa shape index (κ1) is 26.3. The molecule has 1 saturated heterocycles. The highest BCUT2D eigenvalue weighted by Crippen LogP contribution is 2.44. The molecule has 3 atom stereocenters. The molecule has 214 valence electrons. The maximum atomic E-state index is 13.6. The van der Waals surface area contributed by atoms with Crippen LogP contribution in [0.1, 0.15) is 54.9 Å². The molecule has 11 nitrogen and oxygen atoms in total. The largest absolute Gasteiger partial charge is 0.378 e. The fraction of sp³-hybridized carbons (Fsp3) is 0.448. The van der Waals surface area contributed by atoms with Crippen LogP contribution in [0.15, 0.2) is 58.2 Å². The van der Waals surface area contributed by atoms with Gasteiger partial charge in [0, 0.05) is 30.8 Å². The lowest BCUT2D eigenvalue weighted by atomic mass is 9.93. The van der Waals surface area contributed by atoms with Crippen molar-refractivity contribution in [1.29, 1.82) is 0 Å². The van der Waals surface area contributed by atoms with Gasteiger partial charge in [-0.3, -0.25) is 9.30 Å². The molecule has 41 heavy (non-hydrogen) atoms. The zero-order valence-electron chi connectivity index (χ0n) is 23.3. The molecule has 0 N–H and O–H groups in total. The molecular formula is C29H33N7O4S. The molecule has 1 aliphatic carbocycles. The van der Waals surface area contributed by atoms with E-state index in [9.17, 15) is 8.42 Å². The van der Waals surface area contributed by atoms with Gasteiger partial charge in [0.1, 0.15) is 11.6 Å². The summed E-state index contributed by atoms with van der Waals surface area (Å²) in [4.78, 5) is 7.26. The maximum Gasteiger partial charge on any atom is 0.269 e. The Balaban J connectivity index is 1.25. The summed E-state index contributed by atoms with van der Waals surface area (Å²) in [7, 11) is -3.82. The summed E-state index contributed by atoms with van der Waals surface area (Å²) in [6.45, 7) is 8.22. The van der Waals surface area contributed by atoms with Crippen molar-refractivity contribution in [3.8, 4) is 0 Å². The third-order valence-corrected chi connectivity index (χ3v) is 10.4. The Hall–Kier alpha value is -3.61. The lowest BCUT2D eigenvalue weighted by molar-refractivity contribution is -0.0834. The number of aryl methyl sites for hydroxylation is 2. The molecule has 1 saturated carbocycles. The van der Waals surface area contributed by atoms with Crippen LogP contribution in [0.25, 0.3) is 16.8 Å². The van der Waals surface area contributed by atoms with Crippen LogP contribution in [0.2, 0.25) is 0 Å². The average Bonchev–Trinajstić information content (AvgIpc) is 3.71. The van der Waals surface area contributed by atoms with Crippen molar-refractivity contribution < 1.29 is 17.7 Å². The van der Waals surface area contributed by atoms with Gasteiger partial charge in [0.15, 0.2) is 11.3 Å².